The maximum absolute atomic E-state index is 5.40. The average Bonchev–Trinajstić information content (AvgIpc) is 3.32. The number of hydrogen-bond acceptors (Lipinski definition) is 3. The van der Waals surface area contributed by atoms with Crippen LogP contribution in [0.1, 0.15) is 11.1 Å². The van der Waals surface area contributed by atoms with E-state index in [9.17, 15) is 0 Å². The van der Waals surface area contributed by atoms with Crippen molar-refractivity contribution in [2.75, 3.05) is 0 Å². The fraction of sp³-hybridized carbons (Fsp3) is 0.0476. The summed E-state index contributed by atoms with van der Waals surface area (Å²) in [6.07, 6.45) is 22.0. The molecule has 2 aliphatic rings. The van der Waals surface area contributed by atoms with Crippen molar-refractivity contribution in [2.24, 2.45) is 10.8 Å². The monoisotopic (exact) mass is 403 g/mol. The van der Waals surface area contributed by atoms with E-state index in [4.69, 9.17) is 18.4 Å². The number of amidine groups is 1. The van der Waals surface area contributed by atoms with Gasteiger partial charge in [0.25, 0.3) is 0 Å². The number of benzene rings is 1. The molecule has 0 bridgehead atoms. The number of nitrogens with zero attached hydrogens (tertiary/aromatic N) is 1. The van der Waals surface area contributed by atoms with E-state index in [0.717, 1.165) is 16.8 Å². The predicted molar refractivity (Wildman–Crippen MR) is 110 cm³/mol. The van der Waals surface area contributed by atoms with Crippen LogP contribution >= 0.6 is 0 Å². The van der Waals surface area contributed by atoms with Gasteiger partial charge in [0.1, 0.15) is 0 Å². The van der Waals surface area contributed by atoms with Gasteiger partial charge in [0.2, 0.25) is 0 Å². The van der Waals surface area contributed by atoms with Gasteiger partial charge >= 0.3 is 17.1 Å². The Morgan fingerprint density at radius 2 is 1.85 bits per heavy atom. The van der Waals surface area contributed by atoms with E-state index in [0.29, 0.717) is 0 Å². The van der Waals surface area contributed by atoms with Crippen LogP contribution in [0.3, 0.4) is 0 Å². The summed E-state index contributed by atoms with van der Waals surface area (Å²) in [5, 5.41) is 3.97. The number of aryl methyl sites for hydroxylation is 1. The molecule has 26 heavy (non-hydrogen) atoms. The molecule has 1 aromatic carbocycles. The fourth-order valence-electron chi connectivity index (χ4n) is 2.05. The number of nitrogens with one attached hydrogen (secondary N) is 1. The number of nitrogens with two attached hydrogens (primary N) is 1. The summed E-state index contributed by atoms with van der Waals surface area (Å²) in [4.78, 5) is 0. The Hall–Kier alpha value is -2.20. The Morgan fingerprint density at radius 3 is 2.35 bits per heavy atom. The largest absolute Gasteiger partial charge is 2.00 e. The topological polar surface area (TPSA) is 50.4 Å². The van der Waals surface area contributed by atoms with Gasteiger partial charge in [-0.1, -0.05) is 60.2 Å². The molecular formula is C21H21FeN3S. The molecule has 0 amide bonds. The van der Waals surface area contributed by atoms with Crippen LogP contribution in [-0.4, -0.2) is 5.17 Å². The van der Waals surface area contributed by atoms with E-state index in [-0.39, 0.29) is 22.2 Å². The molecule has 0 heterocycles. The molecular weight excluding hydrogens is 382 g/mol. The van der Waals surface area contributed by atoms with Gasteiger partial charge in [0.05, 0.1) is 5.70 Å². The molecule has 1 aromatic rings. The standard InChI is InChI=1S/C16H17N3S.C5H5.Fe/c1-12-6-9-14(10-7-12)15(18-19-16(17)20)11-8-13-4-2-3-5-13;1-2-4-5-3-1;/h2-11,18H,1H3,(H3,17,19,20);1-5H;/q;-1;+2/p-1/b15-11-;;. The van der Waals surface area contributed by atoms with Crippen molar-refractivity contribution in [1.82, 2.24) is 5.43 Å². The second-order valence-electron chi connectivity index (χ2n) is 5.36. The molecule has 5 heteroatoms. The van der Waals surface area contributed by atoms with E-state index in [1.807, 2.05) is 92.1 Å². The van der Waals surface area contributed by atoms with Crippen molar-refractivity contribution in [3.63, 3.8) is 0 Å². The second-order valence-corrected chi connectivity index (χ2v) is 5.77. The number of allylic oxidation sites excluding steroid dienone is 9. The van der Waals surface area contributed by atoms with Crippen molar-refractivity contribution >= 4 is 23.5 Å². The van der Waals surface area contributed by atoms with Crippen LogP contribution in [0.25, 0.3) is 5.70 Å². The zero-order chi connectivity index (χ0) is 17.9. The summed E-state index contributed by atoms with van der Waals surface area (Å²) in [5.41, 5.74) is 12.5. The third-order valence-corrected chi connectivity index (χ3v) is 3.43. The van der Waals surface area contributed by atoms with Crippen LogP contribution in [-0.2, 0) is 29.7 Å². The molecule has 0 aromatic heterocycles. The minimum atomic E-state index is 0. The molecule has 0 aliphatic heterocycles. The molecule has 0 saturated heterocycles. The summed E-state index contributed by atoms with van der Waals surface area (Å²) in [7, 11) is 0. The summed E-state index contributed by atoms with van der Waals surface area (Å²) >= 11 is 4.76. The number of rotatable bonds is 4. The Morgan fingerprint density at radius 1 is 1.15 bits per heavy atom. The minimum Gasteiger partial charge on any atom is -0.741 e. The van der Waals surface area contributed by atoms with E-state index < -0.39 is 0 Å². The van der Waals surface area contributed by atoms with Gasteiger partial charge in [0, 0.05) is 0 Å². The fourth-order valence-corrected chi connectivity index (χ4v) is 2.09. The average molecular weight is 403 g/mol. The van der Waals surface area contributed by atoms with Gasteiger partial charge < -0.3 is 18.4 Å². The summed E-state index contributed by atoms with van der Waals surface area (Å²) < 4.78 is 0. The van der Waals surface area contributed by atoms with Crippen LogP contribution in [0.4, 0.5) is 0 Å². The number of hydrogen-bond donors (Lipinski definition) is 2. The van der Waals surface area contributed by atoms with Gasteiger partial charge in [-0.3, -0.25) is 5.43 Å². The molecule has 134 valence electrons. The molecule has 0 fully saturated rings. The Labute approximate surface area is 172 Å². The first kappa shape index (κ1) is 21.8. The van der Waals surface area contributed by atoms with E-state index >= 15 is 0 Å². The molecule has 0 unspecified atom stereocenters. The first-order valence-electron chi connectivity index (χ1n) is 7.92. The van der Waals surface area contributed by atoms with Crippen molar-refractivity contribution in [3.05, 3.63) is 109 Å². The van der Waals surface area contributed by atoms with Crippen molar-refractivity contribution in [1.29, 1.82) is 0 Å². The smallest absolute Gasteiger partial charge is 0.741 e. The van der Waals surface area contributed by atoms with Gasteiger partial charge in [-0.25, -0.2) is 18.6 Å². The number of hydrazone groups is 1. The van der Waals surface area contributed by atoms with Crippen LogP contribution < -0.4 is 11.2 Å². The normalized spacial score (nSPS) is 15.0. The van der Waals surface area contributed by atoms with E-state index in [2.05, 4.69) is 17.5 Å². The maximum Gasteiger partial charge on any atom is 2.00 e. The molecule has 0 spiro atoms. The van der Waals surface area contributed by atoms with Crippen LogP contribution in [0.2, 0.25) is 0 Å². The van der Waals surface area contributed by atoms with Gasteiger partial charge in [0.15, 0.2) is 0 Å². The summed E-state index contributed by atoms with van der Waals surface area (Å²) in [5.74, 6) is 0. The molecule has 2 radical (unpaired) electrons. The zero-order valence-corrected chi connectivity index (χ0v) is 16.4. The van der Waals surface area contributed by atoms with Crippen molar-refractivity contribution < 1.29 is 17.1 Å². The summed E-state index contributed by atoms with van der Waals surface area (Å²) in [6, 6.07) is 8.16. The second kappa shape index (κ2) is 12.2. The SMILES string of the molecule is Cc1ccc(/C(=C/C=C2C=CC=C2)N/N=C(\N)[S-])cc1.[CH]1[CH][CH-]C=C1.[Fe+2]. The molecule has 0 saturated carbocycles. The Bertz CT molecular complexity index is 717. The molecule has 2 aliphatic carbocycles. The van der Waals surface area contributed by atoms with E-state index in [1.54, 1.807) is 0 Å². The van der Waals surface area contributed by atoms with Crippen LogP contribution in [0.5, 0.6) is 0 Å². The minimum absolute atomic E-state index is 0. The Kier molecular flexibility index (Phi) is 10.2. The predicted octanol–water partition coefficient (Wildman–Crippen LogP) is 3.92. The van der Waals surface area contributed by atoms with Gasteiger partial charge in [-0.05, 0) is 29.3 Å². The molecule has 3 nitrogen and oxygen atoms in total. The first-order chi connectivity index (χ1) is 12.1. The molecule has 0 atom stereocenters. The van der Waals surface area contributed by atoms with Crippen LogP contribution in [0, 0.1) is 26.2 Å². The van der Waals surface area contributed by atoms with Crippen molar-refractivity contribution in [2.45, 2.75) is 6.92 Å². The van der Waals surface area contributed by atoms with E-state index in [1.165, 1.54) is 5.56 Å². The zero-order valence-electron chi connectivity index (χ0n) is 14.4. The molecule has 3 rings (SSSR count). The third-order valence-electron chi connectivity index (χ3n) is 3.34. The van der Waals surface area contributed by atoms with Gasteiger partial charge in [-0.2, -0.15) is 5.10 Å². The maximum atomic E-state index is 5.40. The molecule has 3 N–H and O–H groups in total. The first-order valence-corrected chi connectivity index (χ1v) is 8.32. The summed E-state index contributed by atoms with van der Waals surface area (Å²) in [6.45, 7) is 2.05. The Balaban J connectivity index is 0.000000486. The van der Waals surface area contributed by atoms with Crippen LogP contribution in [0.15, 0.2) is 83.5 Å². The van der Waals surface area contributed by atoms with Gasteiger partial charge in [-0.15, -0.1) is 12.8 Å². The third kappa shape index (κ3) is 8.26. The quantitative estimate of drug-likeness (QED) is 0.200. The van der Waals surface area contributed by atoms with Crippen molar-refractivity contribution in [3.8, 4) is 0 Å².